The predicted octanol–water partition coefficient (Wildman–Crippen LogP) is 2.25. The molecule has 0 saturated heterocycles. The van der Waals surface area contributed by atoms with Crippen molar-refractivity contribution >= 4 is 5.82 Å². The highest BCUT2D eigenvalue weighted by Gasteiger charge is 1.98. The van der Waals surface area contributed by atoms with Crippen LogP contribution in [0.1, 0.15) is 11.1 Å². The first-order valence-corrected chi connectivity index (χ1v) is 5.39. The molecule has 0 amide bonds. The van der Waals surface area contributed by atoms with Gasteiger partial charge in [0, 0.05) is 6.20 Å². The standard InChI is InChI=1S/C13H15N3O/c1-10-2-4-12(5-3-10)17-9-11-6-7-15-13(8-11)16-14/h2-8H,9,14H2,1H3,(H,15,16). The average Bonchev–Trinajstić information content (AvgIpc) is 2.38. The molecule has 0 saturated carbocycles. The first-order valence-electron chi connectivity index (χ1n) is 5.39. The molecule has 1 aromatic carbocycles. The molecule has 17 heavy (non-hydrogen) atoms. The molecule has 0 bridgehead atoms. The lowest BCUT2D eigenvalue weighted by Crippen LogP contribution is -2.09. The first kappa shape index (κ1) is 11.4. The summed E-state index contributed by atoms with van der Waals surface area (Å²) >= 11 is 0. The average molecular weight is 229 g/mol. The third-order valence-electron chi connectivity index (χ3n) is 2.40. The highest BCUT2D eigenvalue weighted by atomic mass is 16.5. The minimum absolute atomic E-state index is 0.500. The highest BCUT2D eigenvalue weighted by Crippen LogP contribution is 2.14. The molecule has 0 unspecified atom stereocenters. The van der Waals surface area contributed by atoms with Crippen molar-refractivity contribution in [2.45, 2.75) is 13.5 Å². The largest absolute Gasteiger partial charge is 0.489 e. The number of nitrogens with zero attached hydrogens (tertiary/aromatic N) is 1. The van der Waals surface area contributed by atoms with Gasteiger partial charge in [0.05, 0.1) is 0 Å². The van der Waals surface area contributed by atoms with Crippen LogP contribution < -0.4 is 16.0 Å². The molecular formula is C13H15N3O. The van der Waals surface area contributed by atoms with E-state index < -0.39 is 0 Å². The lowest BCUT2D eigenvalue weighted by molar-refractivity contribution is 0.306. The van der Waals surface area contributed by atoms with Crippen molar-refractivity contribution in [1.82, 2.24) is 4.98 Å². The number of hydrazine groups is 1. The van der Waals surface area contributed by atoms with Crippen molar-refractivity contribution in [2.24, 2.45) is 5.84 Å². The van der Waals surface area contributed by atoms with Gasteiger partial charge >= 0.3 is 0 Å². The molecule has 2 aromatic rings. The fraction of sp³-hybridized carbons (Fsp3) is 0.154. The molecule has 4 nitrogen and oxygen atoms in total. The van der Waals surface area contributed by atoms with Crippen molar-refractivity contribution in [2.75, 3.05) is 5.43 Å². The highest BCUT2D eigenvalue weighted by molar-refractivity contribution is 5.36. The maximum Gasteiger partial charge on any atom is 0.140 e. The minimum Gasteiger partial charge on any atom is -0.489 e. The van der Waals surface area contributed by atoms with Crippen molar-refractivity contribution in [3.63, 3.8) is 0 Å². The molecule has 0 radical (unpaired) electrons. The second kappa shape index (κ2) is 5.32. The summed E-state index contributed by atoms with van der Waals surface area (Å²) in [5, 5.41) is 0. The Kier molecular flexibility index (Phi) is 3.57. The molecule has 2 rings (SSSR count). The number of benzene rings is 1. The van der Waals surface area contributed by atoms with Crippen LogP contribution in [0, 0.1) is 6.92 Å². The van der Waals surface area contributed by atoms with Crippen LogP contribution in [-0.4, -0.2) is 4.98 Å². The molecule has 1 aromatic heterocycles. The molecule has 4 heteroatoms. The minimum atomic E-state index is 0.500. The van der Waals surface area contributed by atoms with Crippen molar-refractivity contribution in [1.29, 1.82) is 0 Å². The van der Waals surface area contributed by atoms with Crippen LogP contribution in [-0.2, 0) is 6.61 Å². The van der Waals surface area contributed by atoms with E-state index in [1.54, 1.807) is 6.20 Å². The van der Waals surface area contributed by atoms with E-state index in [9.17, 15) is 0 Å². The third kappa shape index (κ3) is 3.19. The zero-order valence-corrected chi connectivity index (χ0v) is 9.68. The number of ether oxygens (including phenoxy) is 1. The Morgan fingerprint density at radius 1 is 1.24 bits per heavy atom. The quantitative estimate of drug-likeness (QED) is 0.623. The summed E-state index contributed by atoms with van der Waals surface area (Å²) in [7, 11) is 0. The molecular weight excluding hydrogens is 214 g/mol. The molecule has 0 spiro atoms. The number of hydrogen-bond donors (Lipinski definition) is 2. The third-order valence-corrected chi connectivity index (χ3v) is 2.40. The molecule has 3 N–H and O–H groups in total. The summed E-state index contributed by atoms with van der Waals surface area (Å²) in [5.74, 6) is 6.78. The second-order valence-electron chi connectivity index (χ2n) is 3.80. The molecule has 0 aliphatic carbocycles. The van der Waals surface area contributed by atoms with E-state index in [2.05, 4.69) is 10.4 Å². The summed E-state index contributed by atoms with van der Waals surface area (Å²) in [5.41, 5.74) is 4.75. The Hall–Kier alpha value is -2.07. The van der Waals surface area contributed by atoms with Gasteiger partial charge in [-0.25, -0.2) is 10.8 Å². The molecule has 0 aliphatic rings. The molecule has 88 valence electrons. The normalized spacial score (nSPS) is 10.0. The smallest absolute Gasteiger partial charge is 0.140 e. The number of aromatic nitrogens is 1. The Labute approximate surface area is 100 Å². The fourth-order valence-corrected chi connectivity index (χ4v) is 1.44. The van der Waals surface area contributed by atoms with Crippen LogP contribution >= 0.6 is 0 Å². The van der Waals surface area contributed by atoms with E-state index >= 15 is 0 Å². The first-order chi connectivity index (χ1) is 8.28. The van der Waals surface area contributed by atoms with Gasteiger partial charge in [-0.1, -0.05) is 17.7 Å². The van der Waals surface area contributed by atoms with Crippen LogP contribution in [0.15, 0.2) is 42.6 Å². The molecule has 0 atom stereocenters. The SMILES string of the molecule is Cc1ccc(OCc2ccnc(NN)c2)cc1. The molecule has 0 aliphatic heterocycles. The van der Waals surface area contributed by atoms with Gasteiger partial charge < -0.3 is 10.2 Å². The number of anilines is 1. The molecule has 1 heterocycles. The van der Waals surface area contributed by atoms with E-state index in [4.69, 9.17) is 10.6 Å². The number of rotatable bonds is 4. The van der Waals surface area contributed by atoms with Gasteiger partial charge in [-0.2, -0.15) is 0 Å². The van der Waals surface area contributed by atoms with Gasteiger partial charge in [0.1, 0.15) is 18.2 Å². The summed E-state index contributed by atoms with van der Waals surface area (Å²) in [6.45, 7) is 2.55. The van der Waals surface area contributed by atoms with E-state index in [1.165, 1.54) is 5.56 Å². The number of hydrogen-bond acceptors (Lipinski definition) is 4. The summed E-state index contributed by atoms with van der Waals surface area (Å²) in [6.07, 6.45) is 1.70. The summed E-state index contributed by atoms with van der Waals surface area (Å²) in [4.78, 5) is 4.03. The summed E-state index contributed by atoms with van der Waals surface area (Å²) in [6, 6.07) is 11.7. The Morgan fingerprint density at radius 3 is 2.71 bits per heavy atom. The zero-order valence-electron chi connectivity index (χ0n) is 9.68. The summed E-state index contributed by atoms with van der Waals surface area (Å²) < 4.78 is 5.65. The molecule has 0 fully saturated rings. The van der Waals surface area contributed by atoms with E-state index in [0.29, 0.717) is 12.4 Å². The second-order valence-corrected chi connectivity index (χ2v) is 3.80. The topological polar surface area (TPSA) is 60.2 Å². The van der Waals surface area contributed by atoms with Gasteiger partial charge in [-0.15, -0.1) is 0 Å². The Bertz CT molecular complexity index is 482. The predicted molar refractivity (Wildman–Crippen MR) is 67.6 cm³/mol. The van der Waals surface area contributed by atoms with E-state index in [0.717, 1.165) is 11.3 Å². The van der Waals surface area contributed by atoms with E-state index in [-0.39, 0.29) is 0 Å². The maximum absolute atomic E-state index is 5.65. The van der Waals surface area contributed by atoms with Crippen LogP contribution in [0.4, 0.5) is 5.82 Å². The Balaban J connectivity index is 1.99. The zero-order chi connectivity index (χ0) is 12.1. The van der Waals surface area contributed by atoms with Gasteiger partial charge in [-0.3, -0.25) is 0 Å². The lowest BCUT2D eigenvalue weighted by atomic mass is 10.2. The lowest BCUT2D eigenvalue weighted by Gasteiger charge is -2.07. The number of nitrogens with one attached hydrogen (secondary N) is 1. The van der Waals surface area contributed by atoms with Crippen LogP contribution in [0.3, 0.4) is 0 Å². The van der Waals surface area contributed by atoms with Gasteiger partial charge in [0.2, 0.25) is 0 Å². The monoisotopic (exact) mass is 229 g/mol. The van der Waals surface area contributed by atoms with Crippen molar-refractivity contribution in [3.05, 3.63) is 53.7 Å². The number of pyridine rings is 1. The van der Waals surface area contributed by atoms with Gasteiger partial charge in [0.25, 0.3) is 0 Å². The number of nitrogens with two attached hydrogens (primary N) is 1. The number of aryl methyl sites for hydroxylation is 1. The van der Waals surface area contributed by atoms with E-state index in [1.807, 2.05) is 43.3 Å². The number of nitrogen functional groups attached to an aromatic ring is 1. The van der Waals surface area contributed by atoms with Crippen LogP contribution in [0.5, 0.6) is 5.75 Å². The fourth-order valence-electron chi connectivity index (χ4n) is 1.44. The van der Waals surface area contributed by atoms with Crippen molar-refractivity contribution < 1.29 is 4.74 Å². The van der Waals surface area contributed by atoms with Crippen molar-refractivity contribution in [3.8, 4) is 5.75 Å². The Morgan fingerprint density at radius 2 is 2.00 bits per heavy atom. The maximum atomic E-state index is 5.65. The van der Waals surface area contributed by atoms with Gasteiger partial charge in [0.15, 0.2) is 0 Å². The van der Waals surface area contributed by atoms with Gasteiger partial charge in [-0.05, 0) is 36.8 Å². The van der Waals surface area contributed by atoms with Crippen LogP contribution in [0.25, 0.3) is 0 Å². The van der Waals surface area contributed by atoms with Crippen LogP contribution in [0.2, 0.25) is 0 Å².